The van der Waals surface area contributed by atoms with Gasteiger partial charge in [0.1, 0.15) is 0 Å². The van der Waals surface area contributed by atoms with Crippen LogP contribution in [0.4, 0.5) is 11.4 Å². The number of fused-ring (bicyclic) bond motifs is 3. The van der Waals surface area contributed by atoms with Gasteiger partial charge in [0, 0.05) is 20.9 Å². The molecule has 142 valence electrons. The lowest BCUT2D eigenvalue weighted by atomic mass is 9.67. The fourth-order valence-corrected chi connectivity index (χ4v) is 5.06. The maximum atomic E-state index is 6.50. The first-order valence-electron chi connectivity index (χ1n) is 9.32. The minimum atomic E-state index is -0.513. The summed E-state index contributed by atoms with van der Waals surface area (Å²) in [5.41, 5.74) is 20.0. The second-order valence-electron chi connectivity index (χ2n) is 7.37. The number of hydrogen-bond acceptors (Lipinski definition) is 2. The molecular formula is C25H18BrClN2. The molecule has 0 radical (unpaired) electrons. The number of halogens is 2. The smallest absolute Gasteiger partial charge is 0.0714 e. The first kappa shape index (κ1) is 18.3. The predicted octanol–water partition coefficient (Wildman–Crippen LogP) is 6.63. The molecule has 4 aromatic rings. The minimum Gasteiger partial charge on any atom is -0.399 e. The van der Waals surface area contributed by atoms with Crippen molar-refractivity contribution in [3.8, 4) is 11.1 Å². The summed E-state index contributed by atoms with van der Waals surface area (Å²) in [4.78, 5) is 0. The second kappa shape index (κ2) is 6.65. The molecule has 4 N–H and O–H groups in total. The topological polar surface area (TPSA) is 52.0 Å². The van der Waals surface area contributed by atoms with Crippen LogP contribution in [0.5, 0.6) is 0 Å². The Kier molecular flexibility index (Phi) is 4.19. The molecule has 0 saturated carbocycles. The lowest BCUT2D eigenvalue weighted by molar-refractivity contribution is 0.768. The van der Waals surface area contributed by atoms with Gasteiger partial charge in [-0.15, -0.1) is 0 Å². The van der Waals surface area contributed by atoms with Crippen molar-refractivity contribution in [2.75, 3.05) is 11.5 Å². The molecule has 0 aliphatic heterocycles. The predicted molar refractivity (Wildman–Crippen MR) is 125 cm³/mol. The number of hydrogen-bond donors (Lipinski definition) is 2. The van der Waals surface area contributed by atoms with Crippen molar-refractivity contribution < 1.29 is 0 Å². The van der Waals surface area contributed by atoms with Crippen LogP contribution in [-0.4, -0.2) is 0 Å². The number of nitrogen functional groups attached to an aromatic ring is 2. The van der Waals surface area contributed by atoms with Crippen LogP contribution in [0.15, 0.2) is 89.4 Å². The molecule has 29 heavy (non-hydrogen) atoms. The molecule has 4 heteroatoms. The van der Waals surface area contributed by atoms with Crippen molar-refractivity contribution in [3.63, 3.8) is 0 Å². The zero-order valence-corrected chi connectivity index (χ0v) is 17.8. The lowest BCUT2D eigenvalue weighted by Crippen LogP contribution is -2.28. The summed E-state index contributed by atoms with van der Waals surface area (Å²) < 4.78 is 1.03. The molecule has 0 heterocycles. The van der Waals surface area contributed by atoms with Gasteiger partial charge in [0.05, 0.1) is 5.41 Å². The zero-order valence-electron chi connectivity index (χ0n) is 15.5. The molecule has 5 rings (SSSR count). The van der Waals surface area contributed by atoms with Crippen LogP contribution in [0, 0.1) is 0 Å². The summed E-state index contributed by atoms with van der Waals surface area (Å²) >= 11 is 10.2. The second-order valence-corrected chi connectivity index (χ2v) is 8.73. The standard InChI is InChI=1S/C25H18BrClN2/c26-17-5-11-21-22-12-6-18(27)14-24(22)25(23(21)13-17,15-1-7-19(28)8-2-15)16-3-9-20(29)10-4-16/h1-14H,28-29H2. The Balaban J connectivity index is 1.97. The van der Waals surface area contributed by atoms with Gasteiger partial charge < -0.3 is 11.5 Å². The highest BCUT2D eigenvalue weighted by molar-refractivity contribution is 9.10. The first-order chi connectivity index (χ1) is 14.0. The van der Waals surface area contributed by atoms with Gasteiger partial charge in [0.25, 0.3) is 0 Å². The maximum Gasteiger partial charge on any atom is 0.0714 e. The summed E-state index contributed by atoms with van der Waals surface area (Å²) in [5, 5.41) is 0.714. The number of nitrogens with two attached hydrogens (primary N) is 2. The van der Waals surface area contributed by atoms with Gasteiger partial charge in [-0.25, -0.2) is 0 Å². The fourth-order valence-electron chi connectivity index (χ4n) is 4.52. The highest BCUT2D eigenvalue weighted by atomic mass is 79.9. The van der Waals surface area contributed by atoms with Crippen molar-refractivity contribution >= 4 is 38.9 Å². The van der Waals surface area contributed by atoms with E-state index in [1.807, 2.05) is 30.3 Å². The molecule has 0 atom stereocenters. The third-order valence-corrected chi connectivity index (χ3v) is 6.48. The average molecular weight is 462 g/mol. The van der Waals surface area contributed by atoms with Crippen molar-refractivity contribution in [3.05, 3.63) is 117 Å². The molecule has 0 bridgehead atoms. The van der Waals surface area contributed by atoms with E-state index >= 15 is 0 Å². The SMILES string of the molecule is Nc1ccc(C2(c3ccc(N)cc3)c3cc(Cl)ccc3-c3ccc(Br)cc32)cc1. The molecule has 2 nitrogen and oxygen atoms in total. The van der Waals surface area contributed by atoms with Gasteiger partial charge in [0.2, 0.25) is 0 Å². The molecule has 0 spiro atoms. The molecule has 4 aromatic carbocycles. The molecule has 0 fully saturated rings. The molecule has 0 aromatic heterocycles. The van der Waals surface area contributed by atoms with Gasteiger partial charge >= 0.3 is 0 Å². The highest BCUT2D eigenvalue weighted by Gasteiger charge is 2.46. The zero-order chi connectivity index (χ0) is 20.2. The summed E-state index contributed by atoms with van der Waals surface area (Å²) in [6.45, 7) is 0. The Morgan fingerprint density at radius 3 is 1.66 bits per heavy atom. The van der Waals surface area contributed by atoms with Gasteiger partial charge in [0.15, 0.2) is 0 Å². The summed E-state index contributed by atoms with van der Waals surface area (Å²) in [7, 11) is 0. The molecule has 1 aliphatic carbocycles. The Labute approximate surface area is 183 Å². The van der Waals surface area contributed by atoms with E-state index in [-0.39, 0.29) is 0 Å². The summed E-state index contributed by atoms with van der Waals surface area (Å²) in [6.07, 6.45) is 0. The number of anilines is 2. The van der Waals surface area contributed by atoms with Crippen LogP contribution in [0.2, 0.25) is 5.02 Å². The van der Waals surface area contributed by atoms with E-state index in [0.717, 1.165) is 32.5 Å². The molecule has 0 unspecified atom stereocenters. The van der Waals surface area contributed by atoms with E-state index in [2.05, 4.69) is 70.5 Å². The van der Waals surface area contributed by atoms with Gasteiger partial charge in [-0.2, -0.15) is 0 Å². The Bertz CT molecular complexity index is 1130. The molecule has 1 aliphatic rings. The largest absolute Gasteiger partial charge is 0.399 e. The average Bonchev–Trinajstić information content (AvgIpc) is 2.99. The van der Waals surface area contributed by atoms with E-state index in [1.54, 1.807) is 0 Å². The van der Waals surface area contributed by atoms with E-state index in [1.165, 1.54) is 16.7 Å². The van der Waals surface area contributed by atoms with Crippen molar-refractivity contribution in [2.24, 2.45) is 0 Å². The molecule has 0 saturated heterocycles. The normalized spacial score (nSPS) is 13.7. The highest BCUT2D eigenvalue weighted by Crippen LogP contribution is 2.57. The first-order valence-corrected chi connectivity index (χ1v) is 10.5. The Hall–Kier alpha value is -2.75. The monoisotopic (exact) mass is 460 g/mol. The van der Waals surface area contributed by atoms with E-state index in [0.29, 0.717) is 5.02 Å². The fraction of sp³-hybridized carbons (Fsp3) is 0.0400. The van der Waals surface area contributed by atoms with Crippen LogP contribution in [-0.2, 0) is 5.41 Å². The molecular weight excluding hydrogens is 444 g/mol. The van der Waals surface area contributed by atoms with Crippen molar-refractivity contribution in [2.45, 2.75) is 5.41 Å². The van der Waals surface area contributed by atoms with Crippen LogP contribution >= 0.6 is 27.5 Å². The van der Waals surface area contributed by atoms with E-state index in [9.17, 15) is 0 Å². The number of rotatable bonds is 2. The van der Waals surface area contributed by atoms with Gasteiger partial charge in [-0.1, -0.05) is 63.9 Å². The van der Waals surface area contributed by atoms with E-state index in [4.69, 9.17) is 23.1 Å². The molecule has 0 amide bonds. The third kappa shape index (κ3) is 2.69. The van der Waals surface area contributed by atoms with Gasteiger partial charge in [-0.05, 0) is 81.9 Å². The van der Waals surface area contributed by atoms with Gasteiger partial charge in [-0.3, -0.25) is 0 Å². The van der Waals surface area contributed by atoms with Crippen molar-refractivity contribution in [1.29, 1.82) is 0 Å². The third-order valence-electron chi connectivity index (χ3n) is 5.75. The summed E-state index contributed by atoms with van der Waals surface area (Å²) in [6, 6.07) is 28.8. The van der Waals surface area contributed by atoms with Crippen LogP contribution in [0.25, 0.3) is 11.1 Å². The Morgan fingerprint density at radius 1 is 0.621 bits per heavy atom. The number of benzene rings is 4. The van der Waals surface area contributed by atoms with Crippen molar-refractivity contribution in [1.82, 2.24) is 0 Å². The summed E-state index contributed by atoms with van der Waals surface area (Å²) in [5.74, 6) is 0. The quantitative estimate of drug-likeness (QED) is 0.290. The minimum absolute atomic E-state index is 0.513. The van der Waals surface area contributed by atoms with Crippen LogP contribution in [0.3, 0.4) is 0 Å². The lowest BCUT2D eigenvalue weighted by Gasteiger charge is -2.34. The van der Waals surface area contributed by atoms with Crippen LogP contribution in [0.1, 0.15) is 22.3 Å². The van der Waals surface area contributed by atoms with Crippen LogP contribution < -0.4 is 11.5 Å². The van der Waals surface area contributed by atoms with E-state index < -0.39 is 5.41 Å². The maximum absolute atomic E-state index is 6.50. The Morgan fingerprint density at radius 2 is 1.10 bits per heavy atom.